The molecule has 4 rings (SSSR count). The Bertz CT molecular complexity index is 1200. The van der Waals surface area contributed by atoms with Gasteiger partial charge in [0.1, 0.15) is 30.4 Å². The molecule has 0 radical (unpaired) electrons. The monoisotopic (exact) mass is 538 g/mol. The molecule has 1 fully saturated rings. The van der Waals surface area contributed by atoms with Crippen molar-refractivity contribution in [1.29, 1.82) is 0 Å². The average molecular weight is 538 g/mol. The SMILES string of the molecule is CO[C@H]1[C@@H](OC(=O)Nc2ccc(-c3ncn(-c4ccc(OC(F)(F)F)cc4)n3)cc2)OC[C@H](OC)[C@H]1OC. The Morgan fingerprint density at radius 1 is 1.00 bits per heavy atom. The van der Waals surface area contributed by atoms with Crippen molar-refractivity contribution in [2.24, 2.45) is 0 Å². The van der Waals surface area contributed by atoms with Gasteiger partial charge in [0, 0.05) is 32.6 Å². The number of hydrogen-bond acceptors (Lipinski definition) is 9. The summed E-state index contributed by atoms with van der Waals surface area (Å²) in [5.41, 5.74) is 1.58. The van der Waals surface area contributed by atoms with Crippen LogP contribution in [0.25, 0.3) is 17.1 Å². The zero-order chi connectivity index (χ0) is 27.3. The molecule has 1 aliphatic rings. The lowest BCUT2D eigenvalue weighted by molar-refractivity contribution is -0.274. The van der Waals surface area contributed by atoms with E-state index >= 15 is 0 Å². The van der Waals surface area contributed by atoms with Crippen molar-refractivity contribution in [1.82, 2.24) is 14.8 Å². The second-order valence-corrected chi connectivity index (χ2v) is 8.04. The molecule has 0 aliphatic carbocycles. The van der Waals surface area contributed by atoms with E-state index in [9.17, 15) is 18.0 Å². The lowest BCUT2D eigenvalue weighted by Crippen LogP contribution is -2.56. The van der Waals surface area contributed by atoms with Crippen LogP contribution in [0.3, 0.4) is 0 Å². The van der Waals surface area contributed by atoms with Crippen LogP contribution in [0, 0.1) is 0 Å². The predicted molar refractivity (Wildman–Crippen MR) is 126 cm³/mol. The van der Waals surface area contributed by atoms with Crippen molar-refractivity contribution in [2.75, 3.05) is 33.3 Å². The van der Waals surface area contributed by atoms with E-state index in [0.29, 0.717) is 22.8 Å². The van der Waals surface area contributed by atoms with Crippen LogP contribution < -0.4 is 10.1 Å². The summed E-state index contributed by atoms with van der Waals surface area (Å²) in [5, 5.41) is 6.96. The molecule has 3 aromatic rings. The van der Waals surface area contributed by atoms with Gasteiger partial charge in [-0.3, -0.25) is 5.32 Å². The van der Waals surface area contributed by atoms with E-state index in [1.165, 1.54) is 56.6 Å². The predicted octanol–water partition coefficient (Wildman–Crippen LogP) is 3.78. The van der Waals surface area contributed by atoms with Crippen molar-refractivity contribution in [3.05, 3.63) is 54.9 Å². The van der Waals surface area contributed by atoms with Gasteiger partial charge in [-0.05, 0) is 48.5 Å². The molecular formula is C24H25F3N4O7. The van der Waals surface area contributed by atoms with Gasteiger partial charge >= 0.3 is 12.5 Å². The number of carbonyl (C=O) groups is 1. The maximum Gasteiger partial charge on any atom is 0.573 e. The molecule has 0 bridgehead atoms. The van der Waals surface area contributed by atoms with Crippen LogP contribution in [-0.4, -0.2) is 79.8 Å². The number of benzene rings is 2. The van der Waals surface area contributed by atoms with Crippen LogP contribution in [0.15, 0.2) is 54.9 Å². The highest BCUT2D eigenvalue weighted by Gasteiger charge is 2.43. The number of halogens is 3. The molecule has 2 heterocycles. The minimum absolute atomic E-state index is 0.159. The standard InChI is InChI=1S/C24H25F3N4O7/c1-33-18-12-36-22(20(35-3)19(18)34-2)37-23(32)29-15-6-4-14(5-7-15)21-28-13-31(30-21)16-8-10-17(11-9-16)38-24(25,26)27/h4-11,13,18-20,22H,12H2,1-3H3,(H,29,32)/t18-,19+,20+,22+/m0/s1. The van der Waals surface area contributed by atoms with Crippen LogP contribution in [0.4, 0.5) is 23.7 Å². The molecule has 14 heteroatoms. The van der Waals surface area contributed by atoms with E-state index in [1.807, 2.05) is 0 Å². The van der Waals surface area contributed by atoms with Gasteiger partial charge in [-0.25, -0.2) is 14.5 Å². The average Bonchev–Trinajstić information content (AvgIpc) is 3.38. The van der Waals surface area contributed by atoms with Gasteiger partial charge in [-0.15, -0.1) is 18.3 Å². The zero-order valence-corrected chi connectivity index (χ0v) is 20.5. The van der Waals surface area contributed by atoms with Gasteiger partial charge in [0.25, 0.3) is 0 Å². The van der Waals surface area contributed by atoms with Crippen LogP contribution in [0.5, 0.6) is 5.75 Å². The van der Waals surface area contributed by atoms with Crippen molar-refractivity contribution < 1.29 is 46.4 Å². The Morgan fingerprint density at radius 3 is 2.29 bits per heavy atom. The van der Waals surface area contributed by atoms with Crippen LogP contribution in [-0.2, 0) is 23.7 Å². The van der Waals surface area contributed by atoms with Gasteiger partial charge in [0.15, 0.2) is 5.82 Å². The minimum atomic E-state index is -4.77. The third kappa shape index (κ3) is 6.58. The number of aromatic nitrogens is 3. The number of methoxy groups -OCH3 is 3. The second kappa shape index (κ2) is 11.8. The van der Waals surface area contributed by atoms with E-state index in [-0.39, 0.29) is 18.5 Å². The normalized spacial score (nSPS) is 21.6. The topological polar surface area (TPSA) is 115 Å². The summed E-state index contributed by atoms with van der Waals surface area (Å²) in [4.78, 5) is 16.7. The maximum absolute atomic E-state index is 12.5. The van der Waals surface area contributed by atoms with Gasteiger partial charge in [0.2, 0.25) is 6.29 Å². The first-order valence-electron chi connectivity index (χ1n) is 11.3. The van der Waals surface area contributed by atoms with Crippen molar-refractivity contribution >= 4 is 11.8 Å². The highest BCUT2D eigenvalue weighted by atomic mass is 19.4. The summed E-state index contributed by atoms with van der Waals surface area (Å²) in [5.74, 6) is 0.0280. The maximum atomic E-state index is 12.5. The molecule has 1 amide bonds. The number of ether oxygens (including phenoxy) is 6. The number of nitrogens with zero attached hydrogens (tertiary/aromatic N) is 3. The van der Waals surface area contributed by atoms with E-state index < -0.39 is 31.0 Å². The van der Waals surface area contributed by atoms with Gasteiger partial charge in [-0.1, -0.05) is 0 Å². The highest BCUT2D eigenvalue weighted by Crippen LogP contribution is 2.26. The van der Waals surface area contributed by atoms with Crippen molar-refractivity contribution in [3.8, 4) is 22.8 Å². The molecule has 1 aliphatic heterocycles. The van der Waals surface area contributed by atoms with Crippen LogP contribution in [0.1, 0.15) is 0 Å². The molecule has 11 nitrogen and oxygen atoms in total. The number of rotatable bonds is 8. The summed E-state index contributed by atoms with van der Waals surface area (Å²) >= 11 is 0. The first kappa shape index (κ1) is 27.3. The molecule has 0 saturated carbocycles. The van der Waals surface area contributed by atoms with Crippen molar-refractivity contribution in [2.45, 2.75) is 31.0 Å². The Morgan fingerprint density at radius 2 is 1.68 bits per heavy atom. The Balaban J connectivity index is 1.36. The van der Waals surface area contributed by atoms with E-state index in [1.54, 1.807) is 24.3 Å². The lowest BCUT2D eigenvalue weighted by atomic mass is 10.0. The van der Waals surface area contributed by atoms with E-state index in [0.717, 1.165) is 0 Å². The van der Waals surface area contributed by atoms with E-state index in [4.69, 9.17) is 23.7 Å². The number of amides is 1. The summed E-state index contributed by atoms with van der Waals surface area (Å²) in [7, 11) is 4.49. The van der Waals surface area contributed by atoms with E-state index in [2.05, 4.69) is 20.1 Å². The third-order valence-electron chi connectivity index (χ3n) is 5.67. The zero-order valence-electron chi connectivity index (χ0n) is 20.5. The minimum Gasteiger partial charge on any atom is -0.416 e. The Hall–Kier alpha value is -3.72. The number of anilines is 1. The Kier molecular flexibility index (Phi) is 8.46. The molecule has 1 aromatic heterocycles. The summed E-state index contributed by atoms with van der Waals surface area (Å²) < 4.78 is 69.5. The molecule has 4 atom stereocenters. The van der Waals surface area contributed by atoms with Crippen molar-refractivity contribution in [3.63, 3.8) is 0 Å². The number of hydrogen-bond donors (Lipinski definition) is 1. The van der Waals surface area contributed by atoms with Gasteiger partial charge in [0.05, 0.1) is 12.3 Å². The molecule has 1 N–H and O–H groups in total. The summed E-state index contributed by atoms with van der Waals surface area (Å²) in [6.45, 7) is 0.159. The fourth-order valence-corrected chi connectivity index (χ4v) is 3.86. The number of alkyl halides is 3. The molecular weight excluding hydrogens is 513 g/mol. The summed E-state index contributed by atoms with van der Waals surface area (Å²) in [6, 6.07) is 11.9. The lowest BCUT2D eigenvalue weighted by Gasteiger charge is -2.39. The fourth-order valence-electron chi connectivity index (χ4n) is 3.86. The largest absolute Gasteiger partial charge is 0.573 e. The number of carbonyl (C=O) groups excluding carboxylic acids is 1. The molecule has 0 spiro atoms. The highest BCUT2D eigenvalue weighted by molar-refractivity contribution is 5.85. The Labute approximate surface area is 215 Å². The third-order valence-corrected chi connectivity index (χ3v) is 5.67. The molecule has 204 valence electrons. The molecule has 0 unspecified atom stereocenters. The smallest absolute Gasteiger partial charge is 0.416 e. The van der Waals surface area contributed by atoms with Crippen LogP contribution >= 0.6 is 0 Å². The second-order valence-electron chi connectivity index (χ2n) is 8.04. The number of nitrogens with one attached hydrogen (secondary N) is 1. The quantitative estimate of drug-likeness (QED) is 0.458. The van der Waals surface area contributed by atoms with Gasteiger partial charge in [-0.2, -0.15) is 0 Å². The molecule has 38 heavy (non-hydrogen) atoms. The fraction of sp³-hybridized carbons (Fsp3) is 0.375. The first-order chi connectivity index (χ1) is 18.2. The molecule has 2 aromatic carbocycles. The van der Waals surface area contributed by atoms with Gasteiger partial charge < -0.3 is 28.4 Å². The first-order valence-corrected chi connectivity index (χ1v) is 11.3. The summed E-state index contributed by atoms with van der Waals surface area (Å²) in [6.07, 6.45) is -6.66. The molecule has 1 saturated heterocycles. The van der Waals surface area contributed by atoms with Crippen LogP contribution in [0.2, 0.25) is 0 Å².